The van der Waals surface area contributed by atoms with Gasteiger partial charge in [-0.1, -0.05) is 49.0 Å². The number of methoxy groups -OCH3 is 1. The maximum absolute atomic E-state index is 12.0. The van der Waals surface area contributed by atoms with E-state index in [-0.39, 0.29) is 34.2 Å². The number of esters is 1. The van der Waals surface area contributed by atoms with Crippen molar-refractivity contribution in [3.05, 3.63) is 0 Å². The third-order valence-corrected chi connectivity index (χ3v) is 3.19. The Hall–Kier alpha value is -1.34. The number of rotatable bonds is 11. The van der Waals surface area contributed by atoms with Gasteiger partial charge in [-0.2, -0.15) is 0 Å². The lowest BCUT2D eigenvalue weighted by molar-refractivity contribution is -0.178. The Bertz CT molecular complexity index is 370. The first-order valence-corrected chi connectivity index (χ1v) is 9.35. The zero-order valence-electron chi connectivity index (χ0n) is 17.8. The van der Waals surface area contributed by atoms with Gasteiger partial charge in [0.15, 0.2) is 5.60 Å². The van der Waals surface area contributed by atoms with Gasteiger partial charge in [-0.15, -0.1) is 0 Å². The summed E-state index contributed by atoms with van der Waals surface area (Å²) in [5.41, 5.74) is -1.14. The van der Waals surface area contributed by atoms with Crippen molar-refractivity contribution in [3.8, 4) is 0 Å². The lowest BCUT2D eigenvalue weighted by Gasteiger charge is -2.28. The molecule has 2 atom stereocenters. The van der Waals surface area contributed by atoms with Crippen LogP contribution in [0.25, 0.3) is 0 Å². The van der Waals surface area contributed by atoms with Crippen LogP contribution >= 0.6 is 0 Å². The molecule has 172 valence electrons. The third kappa shape index (κ3) is 18.0. The van der Waals surface area contributed by atoms with Gasteiger partial charge in [-0.05, 0) is 33.6 Å². The summed E-state index contributed by atoms with van der Waals surface area (Å²) in [7, 11) is 1.53. The first-order valence-electron chi connectivity index (χ1n) is 9.35. The molecule has 0 aromatic carbocycles. The van der Waals surface area contributed by atoms with Crippen molar-refractivity contribution in [2.75, 3.05) is 26.9 Å². The molecule has 0 saturated heterocycles. The molecule has 7 nitrogen and oxygen atoms in total. The van der Waals surface area contributed by atoms with Crippen molar-refractivity contribution in [3.63, 3.8) is 0 Å². The van der Waals surface area contributed by atoms with Crippen LogP contribution in [0.5, 0.6) is 0 Å². The van der Waals surface area contributed by atoms with Crippen LogP contribution in [0.2, 0.25) is 0 Å². The van der Waals surface area contributed by atoms with E-state index in [9.17, 15) is 9.59 Å². The first-order chi connectivity index (χ1) is 12.2. The fourth-order valence-corrected chi connectivity index (χ4v) is 1.53. The van der Waals surface area contributed by atoms with Gasteiger partial charge < -0.3 is 23.7 Å². The molecule has 28 heavy (non-hydrogen) atoms. The lowest BCUT2D eigenvalue weighted by atomic mass is 10.1. The Labute approximate surface area is 173 Å². The molecule has 0 heterocycles. The molecule has 0 spiro atoms. The molecule has 0 aromatic heterocycles. The van der Waals surface area contributed by atoms with Crippen molar-refractivity contribution < 1.29 is 33.3 Å². The summed E-state index contributed by atoms with van der Waals surface area (Å²) in [6, 6.07) is 0. The van der Waals surface area contributed by atoms with E-state index in [4.69, 9.17) is 23.7 Å². The average molecular weight is 411 g/mol. The summed E-state index contributed by atoms with van der Waals surface area (Å²) in [5, 5.41) is 0. The summed E-state index contributed by atoms with van der Waals surface area (Å²) in [6.07, 6.45) is 1.18. The summed E-state index contributed by atoms with van der Waals surface area (Å²) in [6.45, 7) is 13.5. The molecule has 0 aliphatic heterocycles. The summed E-state index contributed by atoms with van der Waals surface area (Å²) < 4.78 is 25.6. The molecule has 0 saturated carbocycles. The third-order valence-electron chi connectivity index (χ3n) is 3.19. The van der Waals surface area contributed by atoms with Gasteiger partial charge in [-0.25, -0.2) is 9.59 Å². The van der Waals surface area contributed by atoms with Crippen LogP contribution in [0.4, 0.5) is 4.79 Å². The second kappa shape index (κ2) is 20.4. The minimum absolute atomic E-state index is 0. The van der Waals surface area contributed by atoms with Gasteiger partial charge in [0.05, 0.1) is 12.7 Å². The van der Waals surface area contributed by atoms with E-state index in [0.29, 0.717) is 19.4 Å². The Morgan fingerprint density at radius 1 is 0.929 bits per heavy atom. The fraction of sp³-hybridized carbons (Fsp3) is 0.905. The van der Waals surface area contributed by atoms with E-state index in [2.05, 4.69) is 13.8 Å². The fourth-order valence-electron chi connectivity index (χ4n) is 1.53. The van der Waals surface area contributed by atoms with Crippen molar-refractivity contribution >= 4 is 12.1 Å². The Morgan fingerprint density at radius 3 is 1.89 bits per heavy atom. The van der Waals surface area contributed by atoms with Gasteiger partial charge in [0.1, 0.15) is 19.3 Å². The number of ether oxygens (including phenoxy) is 5. The minimum Gasteiger partial charge on any atom is -0.461 e. The molecule has 7 heteroatoms. The van der Waals surface area contributed by atoms with Gasteiger partial charge >= 0.3 is 12.1 Å². The normalized spacial score (nSPS) is 12.1. The number of carbonyl (C=O) groups excluding carboxylic acids is 2. The van der Waals surface area contributed by atoms with E-state index in [0.717, 1.165) is 0 Å². The highest BCUT2D eigenvalue weighted by Gasteiger charge is 2.33. The minimum atomic E-state index is -1.14. The number of hydrogen-bond donors (Lipinski definition) is 0. The summed E-state index contributed by atoms with van der Waals surface area (Å²) >= 11 is 0. The molecule has 0 aromatic rings. The zero-order valence-corrected chi connectivity index (χ0v) is 17.8. The van der Waals surface area contributed by atoms with Crippen LogP contribution in [-0.2, 0) is 28.5 Å². The zero-order chi connectivity index (χ0) is 20.6. The average Bonchev–Trinajstić information content (AvgIpc) is 2.59. The molecule has 0 rings (SSSR count). The van der Waals surface area contributed by atoms with Gasteiger partial charge in [-0.3, -0.25) is 0 Å². The molecule has 0 fully saturated rings. The molecule has 0 radical (unpaired) electrons. The lowest BCUT2D eigenvalue weighted by Crippen LogP contribution is -2.42. The maximum Gasteiger partial charge on any atom is 0.508 e. The number of hydrogen-bond acceptors (Lipinski definition) is 7. The Balaban J connectivity index is -0.000000538. The van der Waals surface area contributed by atoms with Crippen LogP contribution in [0.3, 0.4) is 0 Å². The van der Waals surface area contributed by atoms with Gasteiger partial charge in [0.25, 0.3) is 0 Å². The SMILES string of the molecule is C.C.CCC.CCC(C)OC(=O)OCC(CC)OC(C)(C)C(=O)OCCOC. The summed E-state index contributed by atoms with van der Waals surface area (Å²) in [4.78, 5) is 23.5. The maximum atomic E-state index is 12.0. The standard InChI is InChI=1S/C16H30O7.C3H8.2CH4/c1-7-12(3)22-15(18)21-11-13(8-2)23-16(4,5)14(17)20-10-9-19-6;1-3-2;;/h12-13H,7-11H2,1-6H3;3H2,1-2H3;2*1H4. The van der Waals surface area contributed by atoms with E-state index in [1.165, 1.54) is 13.5 Å². The molecule has 0 N–H and O–H groups in total. The van der Waals surface area contributed by atoms with Gasteiger partial charge in [0.2, 0.25) is 0 Å². The van der Waals surface area contributed by atoms with Crippen molar-refractivity contribution in [2.45, 2.75) is 100 Å². The van der Waals surface area contributed by atoms with Crippen LogP contribution in [0.1, 0.15) is 82.6 Å². The molecule has 0 aliphatic rings. The second-order valence-corrected chi connectivity index (χ2v) is 6.39. The van der Waals surface area contributed by atoms with E-state index in [1.54, 1.807) is 20.8 Å². The number of carbonyl (C=O) groups is 2. The highest BCUT2D eigenvalue weighted by molar-refractivity contribution is 5.78. The quantitative estimate of drug-likeness (QED) is 0.334. The second-order valence-electron chi connectivity index (χ2n) is 6.39. The van der Waals surface area contributed by atoms with Gasteiger partial charge in [0, 0.05) is 7.11 Å². The van der Waals surface area contributed by atoms with Crippen LogP contribution < -0.4 is 0 Å². The topological polar surface area (TPSA) is 80.3 Å². The van der Waals surface area contributed by atoms with Crippen molar-refractivity contribution in [1.29, 1.82) is 0 Å². The van der Waals surface area contributed by atoms with Crippen molar-refractivity contribution in [2.24, 2.45) is 0 Å². The molecular weight excluding hydrogens is 364 g/mol. The molecule has 0 bridgehead atoms. The van der Waals surface area contributed by atoms with E-state index < -0.39 is 23.8 Å². The highest BCUT2D eigenvalue weighted by Crippen LogP contribution is 2.17. The van der Waals surface area contributed by atoms with E-state index >= 15 is 0 Å². The van der Waals surface area contributed by atoms with Crippen LogP contribution in [0.15, 0.2) is 0 Å². The predicted octanol–water partition coefficient (Wildman–Crippen LogP) is 5.39. The molecule has 0 aliphatic carbocycles. The Morgan fingerprint density at radius 2 is 1.46 bits per heavy atom. The monoisotopic (exact) mass is 410 g/mol. The van der Waals surface area contributed by atoms with Crippen molar-refractivity contribution in [1.82, 2.24) is 0 Å². The molecular formula is C21H46O7. The first kappa shape index (κ1) is 34.2. The predicted molar refractivity (Wildman–Crippen MR) is 114 cm³/mol. The van der Waals surface area contributed by atoms with Crippen LogP contribution in [0, 0.1) is 0 Å². The highest BCUT2D eigenvalue weighted by atomic mass is 16.7. The van der Waals surface area contributed by atoms with E-state index in [1.807, 2.05) is 13.8 Å². The Kier molecular flexibility index (Phi) is 24.9. The molecule has 2 unspecified atom stereocenters. The smallest absolute Gasteiger partial charge is 0.461 e. The summed E-state index contributed by atoms with van der Waals surface area (Å²) in [5.74, 6) is -0.491. The largest absolute Gasteiger partial charge is 0.508 e. The van der Waals surface area contributed by atoms with Crippen LogP contribution in [-0.4, -0.2) is 56.9 Å². The molecule has 0 amide bonds.